The standard InChI is InChI=1S/C21H26N2O2S/c1-15(17-6-10-19(25-2)11-7-17)22-21(24)23(18-8-9-18)14-16-4-12-20(26-3)13-5-16/h4-7,10-13,15,18H,8-9,14H2,1-3H3,(H,22,24)/t15-/m1/s1. The lowest BCUT2D eigenvalue weighted by molar-refractivity contribution is 0.188. The summed E-state index contributed by atoms with van der Waals surface area (Å²) in [5.74, 6) is 0.820. The second kappa shape index (κ2) is 8.49. The molecule has 0 bridgehead atoms. The van der Waals surface area contributed by atoms with E-state index >= 15 is 0 Å². The van der Waals surface area contributed by atoms with Crippen molar-refractivity contribution in [1.82, 2.24) is 10.2 Å². The summed E-state index contributed by atoms with van der Waals surface area (Å²) >= 11 is 1.73. The number of carbonyl (C=O) groups is 1. The summed E-state index contributed by atoms with van der Waals surface area (Å²) < 4.78 is 5.19. The lowest BCUT2D eigenvalue weighted by Gasteiger charge is -2.25. The van der Waals surface area contributed by atoms with E-state index in [2.05, 4.69) is 35.8 Å². The lowest BCUT2D eigenvalue weighted by atomic mass is 10.1. The van der Waals surface area contributed by atoms with E-state index in [9.17, 15) is 4.79 Å². The van der Waals surface area contributed by atoms with Crippen molar-refractivity contribution in [3.8, 4) is 5.75 Å². The first-order valence-corrected chi connectivity index (χ1v) is 10.2. The fourth-order valence-electron chi connectivity index (χ4n) is 2.92. The molecule has 0 saturated heterocycles. The van der Waals surface area contributed by atoms with E-state index in [1.807, 2.05) is 36.1 Å². The Balaban J connectivity index is 1.64. The van der Waals surface area contributed by atoms with Gasteiger partial charge in [0, 0.05) is 17.5 Å². The van der Waals surface area contributed by atoms with Gasteiger partial charge in [0.1, 0.15) is 5.75 Å². The molecule has 4 nitrogen and oxygen atoms in total. The molecule has 0 spiro atoms. The molecule has 0 aromatic heterocycles. The van der Waals surface area contributed by atoms with Crippen molar-refractivity contribution in [2.24, 2.45) is 0 Å². The van der Waals surface area contributed by atoms with Crippen molar-refractivity contribution in [2.45, 2.75) is 43.3 Å². The fourth-order valence-corrected chi connectivity index (χ4v) is 3.33. The molecule has 1 atom stereocenters. The molecular weight excluding hydrogens is 344 g/mol. The number of urea groups is 1. The van der Waals surface area contributed by atoms with Crippen LogP contribution in [0.5, 0.6) is 5.75 Å². The second-order valence-electron chi connectivity index (χ2n) is 6.65. The fraction of sp³-hybridized carbons (Fsp3) is 0.381. The minimum atomic E-state index is -0.0477. The van der Waals surface area contributed by atoms with Crippen molar-refractivity contribution in [1.29, 1.82) is 0 Å². The molecule has 1 saturated carbocycles. The van der Waals surface area contributed by atoms with Crippen LogP contribution in [0.1, 0.15) is 36.9 Å². The Morgan fingerprint density at radius 1 is 1.19 bits per heavy atom. The zero-order chi connectivity index (χ0) is 18.5. The highest BCUT2D eigenvalue weighted by molar-refractivity contribution is 7.98. The third-order valence-corrected chi connectivity index (χ3v) is 5.46. The molecule has 0 heterocycles. The van der Waals surface area contributed by atoms with Gasteiger partial charge in [-0.1, -0.05) is 24.3 Å². The van der Waals surface area contributed by atoms with Crippen molar-refractivity contribution in [2.75, 3.05) is 13.4 Å². The summed E-state index contributed by atoms with van der Waals surface area (Å²) in [6, 6.07) is 16.6. The van der Waals surface area contributed by atoms with Gasteiger partial charge in [0.2, 0.25) is 0 Å². The van der Waals surface area contributed by atoms with E-state index in [0.717, 1.165) is 24.2 Å². The van der Waals surface area contributed by atoms with E-state index in [1.165, 1.54) is 10.5 Å². The van der Waals surface area contributed by atoms with Crippen LogP contribution in [0.25, 0.3) is 0 Å². The van der Waals surface area contributed by atoms with Crippen LogP contribution in [0.4, 0.5) is 4.79 Å². The molecular formula is C21H26N2O2S. The second-order valence-corrected chi connectivity index (χ2v) is 7.53. The van der Waals surface area contributed by atoms with Gasteiger partial charge < -0.3 is 15.0 Å². The highest BCUT2D eigenvalue weighted by Gasteiger charge is 2.33. The Morgan fingerprint density at radius 3 is 2.38 bits per heavy atom. The summed E-state index contributed by atoms with van der Waals surface area (Å²) in [6.45, 7) is 2.67. The molecule has 0 unspecified atom stereocenters. The van der Waals surface area contributed by atoms with E-state index in [1.54, 1.807) is 18.9 Å². The van der Waals surface area contributed by atoms with Gasteiger partial charge in [0.05, 0.1) is 13.2 Å². The van der Waals surface area contributed by atoms with Crippen molar-refractivity contribution < 1.29 is 9.53 Å². The average Bonchev–Trinajstić information content (AvgIpc) is 3.51. The number of nitrogens with one attached hydrogen (secondary N) is 1. The molecule has 1 fully saturated rings. The summed E-state index contributed by atoms with van der Waals surface area (Å²) in [4.78, 5) is 16.1. The Kier molecular flexibility index (Phi) is 6.09. The Bertz CT molecular complexity index is 727. The number of hydrogen-bond acceptors (Lipinski definition) is 3. The number of methoxy groups -OCH3 is 1. The maximum Gasteiger partial charge on any atom is 0.318 e. The number of rotatable bonds is 7. The minimum Gasteiger partial charge on any atom is -0.497 e. The molecule has 26 heavy (non-hydrogen) atoms. The van der Waals surface area contributed by atoms with Gasteiger partial charge in [-0.05, 0) is 61.4 Å². The monoisotopic (exact) mass is 370 g/mol. The molecule has 0 radical (unpaired) electrons. The number of hydrogen-bond donors (Lipinski definition) is 1. The van der Waals surface area contributed by atoms with E-state index < -0.39 is 0 Å². The first-order chi connectivity index (χ1) is 12.6. The van der Waals surface area contributed by atoms with Crippen LogP contribution >= 0.6 is 11.8 Å². The summed E-state index contributed by atoms with van der Waals surface area (Å²) in [7, 11) is 1.65. The summed E-state index contributed by atoms with van der Waals surface area (Å²) in [5, 5.41) is 3.14. The molecule has 2 aromatic rings. The van der Waals surface area contributed by atoms with Crippen LogP contribution < -0.4 is 10.1 Å². The highest BCUT2D eigenvalue weighted by atomic mass is 32.2. The first kappa shape index (κ1) is 18.6. The lowest BCUT2D eigenvalue weighted by Crippen LogP contribution is -2.41. The van der Waals surface area contributed by atoms with Crippen LogP contribution in [-0.2, 0) is 6.54 Å². The van der Waals surface area contributed by atoms with Crippen molar-refractivity contribution >= 4 is 17.8 Å². The van der Waals surface area contributed by atoms with Gasteiger partial charge in [0.15, 0.2) is 0 Å². The van der Waals surface area contributed by atoms with Crippen LogP contribution in [0, 0.1) is 0 Å². The molecule has 1 N–H and O–H groups in total. The number of thioether (sulfide) groups is 1. The number of carbonyl (C=O) groups excluding carboxylic acids is 1. The zero-order valence-corrected chi connectivity index (χ0v) is 16.4. The predicted molar refractivity (Wildman–Crippen MR) is 107 cm³/mol. The quantitative estimate of drug-likeness (QED) is 0.708. The maximum absolute atomic E-state index is 12.8. The number of ether oxygens (including phenoxy) is 1. The van der Waals surface area contributed by atoms with Gasteiger partial charge in [-0.15, -0.1) is 11.8 Å². The zero-order valence-electron chi connectivity index (χ0n) is 15.6. The van der Waals surface area contributed by atoms with Crippen molar-refractivity contribution in [3.05, 3.63) is 59.7 Å². The van der Waals surface area contributed by atoms with Crippen LogP contribution in [-0.4, -0.2) is 30.3 Å². The smallest absolute Gasteiger partial charge is 0.318 e. The molecule has 3 rings (SSSR count). The van der Waals surface area contributed by atoms with Crippen LogP contribution in [0.15, 0.2) is 53.4 Å². The highest BCUT2D eigenvalue weighted by Crippen LogP contribution is 2.29. The average molecular weight is 371 g/mol. The maximum atomic E-state index is 12.8. The molecule has 0 aliphatic heterocycles. The largest absolute Gasteiger partial charge is 0.497 e. The van der Waals surface area contributed by atoms with E-state index in [-0.39, 0.29) is 12.1 Å². The van der Waals surface area contributed by atoms with Gasteiger partial charge in [0.25, 0.3) is 0 Å². The van der Waals surface area contributed by atoms with Crippen LogP contribution in [0.2, 0.25) is 0 Å². The normalized spacial score (nSPS) is 14.6. The van der Waals surface area contributed by atoms with Gasteiger partial charge >= 0.3 is 6.03 Å². The molecule has 2 aromatic carbocycles. The molecule has 1 aliphatic carbocycles. The third-order valence-electron chi connectivity index (χ3n) is 4.72. The minimum absolute atomic E-state index is 0.00441. The Hall–Kier alpha value is -2.14. The van der Waals surface area contributed by atoms with Gasteiger partial charge in [-0.2, -0.15) is 0 Å². The van der Waals surface area contributed by atoms with Crippen LogP contribution in [0.3, 0.4) is 0 Å². The van der Waals surface area contributed by atoms with Gasteiger partial charge in [-0.3, -0.25) is 0 Å². The van der Waals surface area contributed by atoms with E-state index in [0.29, 0.717) is 12.6 Å². The molecule has 5 heteroatoms. The van der Waals surface area contributed by atoms with Gasteiger partial charge in [-0.25, -0.2) is 4.79 Å². The Morgan fingerprint density at radius 2 is 1.85 bits per heavy atom. The first-order valence-electron chi connectivity index (χ1n) is 8.94. The number of nitrogens with zero attached hydrogens (tertiary/aromatic N) is 1. The number of benzene rings is 2. The molecule has 2 amide bonds. The summed E-state index contributed by atoms with van der Waals surface area (Å²) in [5.41, 5.74) is 2.24. The number of amides is 2. The Labute approximate surface area is 159 Å². The van der Waals surface area contributed by atoms with E-state index in [4.69, 9.17) is 4.74 Å². The van der Waals surface area contributed by atoms with Crippen molar-refractivity contribution in [3.63, 3.8) is 0 Å². The molecule has 138 valence electrons. The topological polar surface area (TPSA) is 41.6 Å². The summed E-state index contributed by atoms with van der Waals surface area (Å²) in [6.07, 6.45) is 4.25. The SMILES string of the molecule is COc1ccc([C@@H](C)NC(=O)N(Cc2ccc(SC)cc2)C2CC2)cc1. The predicted octanol–water partition coefficient (Wildman–Crippen LogP) is 4.85. The third kappa shape index (κ3) is 4.73. The molecule has 1 aliphatic rings.